The van der Waals surface area contributed by atoms with Crippen molar-refractivity contribution in [2.45, 2.75) is 25.3 Å². The van der Waals surface area contributed by atoms with Crippen LogP contribution in [0.3, 0.4) is 0 Å². The molecule has 2 bridgehead atoms. The van der Waals surface area contributed by atoms with E-state index in [9.17, 15) is 0 Å². The fourth-order valence-corrected chi connectivity index (χ4v) is 4.51. The minimum Gasteiger partial charge on any atom is -0.337 e. The molecule has 3 aromatic rings. The van der Waals surface area contributed by atoms with Crippen LogP contribution in [0, 0.1) is 11.8 Å². The number of allylic oxidation sites excluding steroid dienone is 2. The van der Waals surface area contributed by atoms with Gasteiger partial charge in [-0.15, -0.1) is 0 Å². The lowest BCUT2D eigenvalue weighted by molar-refractivity contribution is 0.232. The predicted octanol–water partition coefficient (Wildman–Crippen LogP) is 5.32. The first-order valence-corrected chi connectivity index (χ1v) is 8.08. The Morgan fingerprint density at radius 2 is 1.43 bits per heavy atom. The first-order valence-electron chi connectivity index (χ1n) is 8.08. The van der Waals surface area contributed by atoms with Gasteiger partial charge in [0.1, 0.15) is 0 Å². The van der Waals surface area contributed by atoms with Gasteiger partial charge in [0.25, 0.3) is 0 Å². The van der Waals surface area contributed by atoms with E-state index in [1.165, 1.54) is 41.1 Å². The zero-order valence-corrected chi connectivity index (χ0v) is 12.1. The first-order chi connectivity index (χ1) is 10.4. The van der Waals surface area contributed by atoms with Crippen LogP contribution in [0.2, 0.25) is 0 Å². The summed E-state index contributed by atoms with van der Waals surface area (Å²) >= 11 is 0. The summed E-state index contributed by atoms with van der Waals surface area (Å²) < 4.78 is 2.63. The highest BCUT2D eigenvalue weighted by Crippen LogP contribution is 2.46. The van der Waals surface area contributed by atoms with Crippen LogP contribution < -0.4 is 0 Å². The zero-order chi connectivity index (χ0) is 13.8. The quantitative estimate of drug-likeness (QED) is 0.529. The van der Waals surface area contributed by atoms with Crippen LogP contribution in [0.25, 0.3) is 21.8 Å². The SMILES string of the molecule is C1=C[C@@H]2CC[C@H]1C[C@H]2n1c2ccccc2c2ccccc21. The minimum atomic E-state index is 0.638. The lowest BCUT2D eigenvalue weighted by Crippen LogP contribution is -2.29. The van der Waals surface area contributed by atoms with Gasteiger partial charge in [0.15, 0.2) is 0 Å². The third kappa shape index (κ3) is 1.58. The summed E-state index contributed by atoms with van der Waals surface area (Å²) in [4.78, 5) is 0. The van der Waals surface area contributed by atoms with Gasteiger partial charge < -0.3 is 4.57 Å². The number of para-hydroxylation sites is 2. The van der Waals surface area contributed by atoms with Crippen molar-refractivity contribution < 1.29 is 0 Å². The van der Waals surface area contributed by atoms with E-state index < -0.39 is 0 Å². The molecule has 21 heavy (non-hydrogen) atoms. The minimum absolute atomic E-state index is 0.638. The smallest absolute Gasteiger partial charge is 0.0494 e. The highest BCUT2D eigenvalue weighted by atomic mass is 15.0. The van der Waals surface area contributed by atoms with Gasteiger partial charge in [0.2, 0.25) is 0 Å². The summed E-state index contributed by atoms with van der Waals surface area (Å²) in [5, 5.41) is 2.80. The summed E-state index contributed by atoms with van der Waals surface area (Å²) in [7, 11) is 0. The molecule has 1 heteroatoms. The summed E-state index contributed by atoms with van der Waals surface area (Å²) in [5.41, 5.74) is 2.81. The zero-order valence-electron chi connectivity index (χ0n) is 12.1. The normalized spacial score (nSPS) is 27.7. The van der Waals surface area contributed by atoms with Crippen LogP contribution in [-0.2, 0) is 0 Å². The molecular formula is C20H19N. The maximum Gasteiger partial charge on any atom is 0.0494 e. The number of nitrogens with zero attached hydrogens (tertiary/aromatic N) is 1. The summed E-state index contributed by atoms with van der Waals surface area (Å²) in [5.74, 6) is 1.51. The molecule has 104 valence electrons. The summed E-state index contributed by atoms with van der Waals surface area (Å²) in [6.45, 7) is 0. The van der Waals surface area contributed by atoms with E-state index in [0.717, 1.165) is 5.92 Å². The maximum atomic E-state index is 2.63. The van der Waals surface area contributed by atoms with Crippen molar-refractivity contribution in [1.29, 1.82) is 0 Å². The molecule has 0 unspecified atom stereocenters. The largest absolute Gasteiger partial charge is 0.337 e. The van der Waals surface area contributed by atoms with Crippen molar-refractivity contribution in [1.82, 2.24) is 4.57 Å². The van der Waals surface area contributed by atoms with Gasteiger partial charge >= 0.3 is 0 Å². The molecule has 0 radical (unpaired) electrons. The highest BCUT2D eigenvalue weighted by Gasteiger charge is 2.34. The van der Waals surface area contributed by atoms with E-state index >= 15 is 0 Å². The molecule has 1 aromatic heterocycles. The van der Waals surface area contributed by atoms with Gasteiger partial charge in [0.05, 0.1) is 0 Å². The van der Waals surface area contributed by atoms with Crippen LogP contribution >= 0.6 is 0 Å². The van der Waals surface area contributed by atoms with Gasteiger partial charge in [-0.25, -0.2) is 0 Å². The molecule has 3 aliphatic rings. The Hall–Kier alpha value is -2.02. The van der Waals surface area contributed by atoms with Crippen LogP contribution in [0.5, 0.6) is 0 Å². The van der Waals surface area contributed by atoms with Gasteiger partial charge in [-0.1, -0.05) is 48.6 Å². The van der Waals surface area contributed by atoms with E-state index in [0.29, 0.717) is 12.0 Å². The van der Waals surface area contributed by atoms with E-state index in [1.807, 2.05) is 0 Å². The fraction of sp³-hybridized carbons (Fsp3) is 0.300. The van der Waals surface area contributed by atoms with Gasteiger partial charge in [-0.3, -0.25) is 0 Å². The molecule has 0 aliphatic heterocycles. The van der Waals surface area contributed by atoms with E-state index in [-0.39, 0.29) is 0 Å². The Morgan fingerprint density at radius 3 is 1.95 bits per heavy atom. The van der Waals surface area contributed by atoms with Crippen molar-refractivity contribution >= 4 is 21.8 Å². The average Bonchev–Trinajstić information content (AvgIpc) is 2.90. The monoisotopic (exact) mass is 273 g/mol. The highest BCUT2D eigenvalue weighted by molar-refractivity contribution is 6.08. The molecule has 2 aromatic carbocycles. The summed E-state index contributed by atoms with van der Waals surface area (Å²) in [6, 6.07) is 18.4. The van der Waals surface area contributed by atoms with E-state index in [1.54, 1.807) is 0 Å². The Balaban J connectivity index is 1.83. The molecule has 3 aliphatic carbocycles. The second-order valence-electron chi connectivity index (χ2n) is 6.59. The van der Waals surface area contributed by atoms with Crippen LogP contribution in [0.1, 0.15) is 25.3 Å². The summed E-state index contributed by atoms with van der Waals surface area (Å²) in [6.07, 6.45) is 8.98. The van der Waals surface area contributed by atoms with Crippen molar-refractivity contribution in [2.24, 2.45) is 11.8 Å². The Labute approximate surface area is 124 Å². The fourth-order valence-electron chi connectivity index (χ4n) is 4.51. The van der Waals surface area contributed by atoms with Gasteiger partial charge in [-0.05, 0) is 43.2 Å². The third-order valence-corrected chi connectivity index (χ3v) is 5.49. The molecule has 3 atom stereocenters. The molecule has 1 heterocycles. The molecule has 0 spiro atoms. The van der Waals surface area contributed by atoms with Crippen LogP contribution in [0.15, 0.2) is 60.7 Å². The maximum absolute atomic E-state index is 2.63. The Kier molecular flexibility index (Phi) is 2.34. The van der Waals surface area contributed by atoms with Crippen molar-refractivity contribution in [3.05, 3.63) is 60.7 Å². The topological polar surface area (TPSA) is 4.93 Å². The lowest BCUT2D eigenvalue weighted by atomic mass is 9.72. The average molecular weight is 273 g/mol. The standard InChI is InChI=1S/C20H19N/c1-3-7-18-16(5-1)17-6-2-4-8-19(17)21(18)20-13-14-9-11-15(20)12-10-14/h1-9,11,14-15,20H,10,12-13H2/t14-,15+,20+/m0/s1. The third-order valence-electron chi connectivity index (χ3n) is 5.49. The van der Waals surface area contributed by atoms with E-state index in [2.05, 4.69) is 65.3 Å². The number of rotatable bonds is 1. The molecule has 0 amide bonds. The number of fused-ring (bicyclic) bond motifs is 5. The first kappa shape index (κ1) is 11.6. The van der Waals surface area contributed by atoms with Gasteiger partial charge in [-0.2, -0.15) is 0 Å². The van der Waals surface area contributed by atoms with Crippen molar-refractivity contribution in [3.8, 4) is 0 Å². The van der Waals surface area contributed by atoms with Crippen molar-refractivity contribution in [3.63, 3.8) is 0 Å². The Morgan fingerprint density at radius 1 is 0.762 bits per heavy atom. The molecule has 0 saturated heterocycles. The molecule has 1 fully saturated rings. The molecule has 1 nitrogen and oxygen atoms in total. The van der Waals surface area contributed by atoms with Crippen molar-refractivity contribution in [2.75, 3.05) is 0 Å². The Bertz CT molecular complexity index is 801. The van der Waals surface area contributed by atoms with Crippen LogP contribution in [-0.4, -0.2) is 4.57 Å². The van der Waals surface area contributed by atoms with Crippen LogP contribution in [0.4, 0.5) is 0 Å². The second kappa shape index (κ2) is 4.24. The molecular weight excluding hydrogens is 254 g/mol. The number of hydrogen-bond donors (Lipinski definition) is 0. The number of hydrogen-bond acceptors (Lipinski definition) is 0. The molecule has 0 N–H and O–H groups in total. The molecule has 1 saturated carbocycles. The lowest BCUT2D eigenvalue weighted by Gasteiger charge is -2.39. The second-order valence-corrected chi connectivity index (χ2v) is 6.59. The number of benzene rings is 2. The van der Waals surface area contributed by atoms with Gasteiger partial charge in [0, 0.05) is 27.8 Å². The number of aromatic nitrogens is 1. The van der Waals surface area contributed by atoms with E-state index in [4.69, 9.17) is 0 Å². The molecule has 6 rings (SSSR count). The predicted molar refractivity (Wildman–Crippen MR) is 88.5 cm³/mol.